The van der Waals surface area contributed by atoms with E-state index in [9.17, 15) is 4.79 Å². The number of nitrogens with zero attached hydrogens (tertiary/aromatic N) is 2. The third kappa shape index (κ3) is 5.05. The molecular weight excluding hydrogens is 260 g/mol. The number of unbranched alkanes of at least 4 members (excludes halogenated alkanes) is 4. The molecule has 0 aliphatic carbocycles. The maximum absolute atomic E-state index is 12.3. The first-order chi connectivity index (χ1) is 10.0. The Morgan fingerprint density at radius 2 is 1.38 bits per heavy atom. The molecule has 0 fully saturated rings. The first-order valence-corrected chi connectivity index (χ1v) is 8.83. The van der Waals surface area contributed by atoms with Crippen molar-refractivity contribution in [2.45, 2.75) is 98.1 Å². The summed E-state index contributed by atoms with van der Waals surface area (Å²) in [7, 11) is 0. The third-order valence-corrected chi connectivity index (χ3v) is 4.44. The van der Waals surface area contributed by atoms with Gasteiger partial charge < -0.3 is 0 Å². The quantitative estimate of drug-likeness (QED) is 0.542. The van der Waals surface area contributed by atoms with E-state index >= 15 is 0 Å². The molecule has 3 heteroatoms. The Kier molecular flexibility index (Phi) is 7.84. The number of aryl methyl sites for hydroxylation is 1. The average Bonchev–Trinajstić information content (AvgIpc) is 2.74. The molecule has 1 heterocycles. The molecule has 0 spiro atoms. The standard InChI is InChI=1S/C18H34N2O/c1-6-8-10-12-15(3)19-17(5)14-18(21)20(19)16(4)13-11-9-7-2/h14-16H,6-13H2,1-5H3/t15-,16-/m0/s1. The average molecular weight is 294 g/mol. The Hall–Kier alpha value is -0.990. The van der Waals surface area contributed by atoms with Crippen molar-refractivity contribution in [3.63, 3.8) is 0 Å². The lowest BCUT2D eigenvalue weighted by Crippen LogP contribution is -2.28. The van der Waals surface area contributed by atoms with Gasteiger partial charge >= 0.3 is 0 Å². The normalized spacial score (nSPS) is 14.3. The largest absolute Gasteiger partial charge is 0.284 e. The highest BCUT2D eigenvalue weighted by atomic mass is 16.1. The number of rotatable bonds is 10. The van der Waals surface area contributed by atoms with Crippen LogP contribution in [0, 0.1) is 6.92 Å². The molecule has 2 atom stereocenters. The summed E-state index contributed by atoms with van der Waals surface area (Å²) >= 11 is 0. The van der Waals surface area contributed by atoms with Crippen LogP contribution in [0.15, 0.2) is 10.9 Å². The van der Waals surface area contributed by atoms with Crippen molar-refractivity contribution in [2.75, 3.05) is 0 Å². The van der Waals surface area contributed by atoms with E-state index in [4.69, 9.17) is 0 Å². The van der Waals surface area contributed by atoms with Crippen LogP contribution >= 0.6 is 0 Å². The first kappa shape index (κ1) is 18.1. The van der Waals surface area contributed by atoms with Crippen LogP contribution in [-0.2, 0) is 0 Å². The molecule has 0 unspecified atom stereocenters. The zero-order valence-electron chi connectivity index (χ0n) is 14.7. The Bertz CT molecular complexity index is 458. The second-order valence-electron chi connectivity index (χ2n) is 6.50. The molecule has 0 saturated carbocycles. The molecular formula is C18H34N2O. The highest BCUT2D eigenvalue weighted by Crippen LogP contribution is 2.21. The van der Waals surface area contributed by atoms with E-state index < -0.39 is 0 Å². The van der Waals surface area contributed by atoms with E-state index in [1.165, 1.54) is 38.5 Å². The van der Waals surface area contributed by atoms with E-state index in [1.54, 1.807) is 6.07 Å². The van der Waals surface area contributed by atoms with Crippen molar-refractivity contribution in [3.05, 3.63) is 22.1 Å². The van der Waals surface area contributed by atoms with Crippen molar-refractivity contribution in [1.82, 2.24) is 9.36 Å². The van der Waals surface area contributed by atoms with Crippen LogP contribution in [0.2, 0.25) is 0 Å². The Labute approximate surface area is 130 Å². The van der Waals surface area contributed by atoms with Gasteiger partial charge in [0.05, 0.1) is 6.04 Å². The highest BCUT2D eigenvalue weighted by Gasteiger charge is 2.17. The molecule has 0 aliphatic rings. The molecule has 1 aromatic rings. The highest BCUT2D eigenvalue weighted by molar-refractivity contribution is 5.02. The van der Waals surface area contributed by atoms with E-state index in [0.717, 1.165) is 18.5 Å². The van der Waals surface area contributed by atoms with E-state index in [2.05, 4.69) is 39.3 Å². The first-order valence-electron chi connectivity index (χ1n) is 8.83. The summed E-state index contributed by atoms with van der Waals surface area (Å²) in [5, 5.41) is 0. The molecule has 3 nitrogen and oxygen atoms in total. The lowest BCUT2D eigenvalue weighted by atomic mass is 10.1. The molecule has 0 aliphatic heterocycles. The summed E-state index contributed by atoms with van der Waals surface area (Å²) in [6.45, 7) is 11.0. The van der Waals surface area contributed by atoms with Crippen LogP contribution in [-0.4, -0.2) is 9.36 Å². The van der Waals surface area contributed by atoms with Gasteiger partial charge in [0, 0.05) is 17.8 Å². The van der Waals surface area contributed by atoms with Gasteiger partial charge in [-0.25, -0.2) is 4.68 Å². The van der Waals surface area contributed by atoms with Crippen molar-refractivity contribution in [1.29, 1.82) is 0 Å². The van der Waals surface area contributed by atoms with Crippen LogP contribution in [0.5, 0.6) is 0 Å². The van der Waals surface area contributed by atoms with Gasteiger partial charge in [0.1, 0.15) is 0 Å². The number of hydrogen-bond donors (Lipinski definition) is 0. The molecule has 0 aromatic carbocycles. The second-order valence-corrected chi connectivity index (χ2v) is 6.50. The monoisotopic (exact) mass is 294 g/mol. The lowest BCUT2D eigenvalue weighted by molar-refractivity contribution is 0.301. The van der Waals surface area contributed by atoms with Crippen LogP contribution in [0.4, 0.5) is 0 Å². The van der Waals surface area contributed by atoms with Gasteiger partial charge in [0.25, 0.3) is 5.56 Å². The molecule has 1 aromatic heterocycles. The number of aromatic nitrogens is 2. The number of hydrogen-bond acceptors (Lipinski definition) is 1. The van der Waals surface area contributed by atoms with Crippen LogP contribution < -0.4 is 5.56 Å². The fourth-order valence-corrected chi connectivity index (χ4v) is 3.20. The Morgan fingerprint density at radius 1 is 0.905 bits per heavy atom. The van der Waals surface area contributed by atoms with Crippen LogP contribution in [0.3, 0.4) is 0 Å². The summed E-state index contributed by atoms with van der Waals surface area (Å²) in [6, 6.07) is 2.51. The van der Waals surface area contributed by atoms with Crippen LogP contribution in [0.25, 0.3) is 0 Å². The predicted molar refractivity (Wildman–Crippen MR) is 91.1 cm³/mol. The van der Waals surface area contributed by atoms with E-state index in [0.29, 0.717) is 12.1 Å². The molecule has 21 heavy (non-hydrogen) atoms. The second kappa shape index (κ2) is 9.11. The van der Waals surface area contributed by atoms with Crippen molar-refractivity contribution < 1.29 is 0 Å². The van der Waals surface area contributed by atoms with Crippen LogP contribution in [0.1, 0.15) is 96.8 Å². The van der Waals surface area contributed by atoms with E-state index in [-0.39, 0.29) is 5.56 Å². The molecule has 0 radical (unpaired) electrons. The van der Waals surface area contributed by atoms with Gasteiger partial charge in [-0.2, -0.15) is 0 Å². The van der Waals surface area contributed by atoms with Crippen molar-refractivity contribution in [3.8, 4) is 0 Å². The fraction of sp³-hybridized carbons (Fsp3) is 0.833. The SMILES string of the molecule is CCCCC[C@H](C)n1c(C)cc(=O)n1[C@@H](C)CCCCC. The maximum Gasteiger partial charge on any atom is 0.267 e. The van der Waals surface area contributed by atoms with Gasteiger partial charge in [-0.1, -0.05) is 52.4 Å². The Morgan fingerprint density at radius 3 is 1.86 bits per heavy atom. The molecule has 1 rings (SSSR count). The third-order valence-electron chi connectivity index (χ3n) is 4.44. The van der Waals surface area contributed by atoms with Gasteiger partial charge in [0.15, 0.2) is 0 Å². The van der Waals surface area contributed by atoms with Crippen molar-refractivity contribution >= 4 is 0 Å². The predicted octanol–water partition coefficient (Wildman–Crippen LogP) is 5.24. The minimum absolute atomic E-state index is 0.166. The van der Waals surface area contributed by atoms with Crippen molar-refractivity contribution in [2.24, 2.45) is 0 Å². The zero-order valence-corrected chi connectivity index (χ0v) is 14.7. The summed E-state index contributed by atoms with van der Waals surface area (Å²) in [5.41, 5.74) is 1.27. The van der Waals surface area contributed by atoms with Gasteiger partial charge in [-0.15, -0.1) is 0 Å². The minimum atomic E-state index is 0.166. The summed E-state index contributed by atoms with van der Waals surface area (Å²) < 4.78 is 4.25. The van der Waals surface area contributed by atoms with Gasteiger partial charge in [-0.3, -0.25) is 9.48 Å². The van der Waals surface area contributed by atoms with Gasteiger partial charge in [-0.05, 0) is 33.6 Å². The molecule has 122 valence electrons. The summed E-state index contributed by atoms with van der Waals surface area (Å²) in [4.78, 5) is 12.3. The molecule has 0 N–H and O–H groups in total. The topological polar surface area (TPSA) is 26.9 Å². The fourth-order valence-electron chi connectivity index (χ4n) is 3.20. The minimum Gasteiger partial charge on any atom is -0.284 e. The molecule has 0 bridgehead atoms. The summed E-state index contributed by atoms with van der Waals surface area (Å²) in [6.07, 6.45) is 9.72. The zero-order chi connectivity index (χ0) is 15.8. The Balaban J connectivity index is 2.85. The van der Waals surface area contributed by atoms with Gasteiger partial charge in [0.2, 0.25) is 0 Å². The molecule has 0 saturated heterocycles. The molecule has 0 amide bonds. The maximum atomic E-state index is 12.3. The summed E-state index contributed by atoms with van der Waals surface area (Å²) in [5.74, 6) is 0. The lowest BCUT2D eigenvalue weighted by Gasteiger charge is -2.24. The smallest absolute Gasteiger partial charge is 0.267 e. The van der Waals surface area contributed by atoms with E-state index in [1.807, 2.05) is 4.68 Å².